The number of carbonyl (C=O) groups excluding carboxylic acids is 1. The van der Waals surface area contributed by atoms with Gasteiger partial charge < -0.3 is 5.32 Å². The summed E-state index contributed by atoms with van der Waals surface area (Å²) in [5.41, 5.74) is 0.632. The highest BCUT2D eigenvalue weighted by Gasteiger charge is 2.29. The Morgan fingerprint density at radius 2 is 1.95 bits per heavy atom. The summed E-state index contributed by atoms with van der Waals surface area (Å²) in [4.78, 5) is 14.2. The minimum atomic E-state index is -3.66. The van der Waals surface area contributed by atoms with Gasteiger partial charge in [0.05, 0.1) is 6.04 Å². The molecule has 1 heterocycles. The van der Waals surface area contributed by atoms with Crippen LogP contribution in [0.5, 0.6) is 0 Å². The predicted octanol–water partition coefficient (Wildman–Crippen LogP) is 0.488. The third-order valence-electron chi connectivity index (χ3n) is 3.65. The average Bonchev–Trinajstić information content (AvgIpc) is 2.45. The first-order chi connectivity index (χ1) is 10.3. The first-order valence-electron chi connectivity index (χ1n) is 6.86. The van der Waals surface area contributed by atoms with Crippen LogP contribution < -0.4 is 10.5 Å². The van der Waals surface area contributed by atoms with E-state index in [1.165, 1.54) is 4.31 Å². The fourth-order valence-electron chi connectivity index (χ4n) is 2.32. The average molecular weight is 347 g/mol. The van der Waals surface area contributed by atoms with E-state index in [-0.39, 0.29) is 25.0 Å². The number of nitrogens with two attached hydrogens (primary N) is 1. The van der Waals surface area contributed by atoms with Gasteiger partial charge in [-0.05, 0) is 25.1 Å². The van der Waals surface area contributed by atoms with Gasteiger partial charge in [0.15, 0.2) is 0 Å². The van der Waals surface area contributed by atoms with Crippen LogP contribution in [0.25, 0.3) is 0 Å². The van der Waals surface area contributed by atoms with Gasteiger partial charge in [-0.25, -0.2) is 5.14 Å². The van der Waals surface area contributed by atoms with Crippen molar-refractivity contribution in [3.8, 4) is 0 Å². The Kier molecular flexibility index (Phi) is 5.41. The standard InChI is InChI=1S/C13H19ClN4O3S/c1-10(13(19)16-12-4-2-3-11(14)9-12)17-5-7-18(8-6-17)22(15,20)21/h2-4,9-10H,5-8H2,1H3,(H,16,19)(H2,15,20,21). The van der Waals surface area contributed by atoms with E-state index in [1.807, 2.05) is 4.90 Å². The molecule has 1 saturated heterocycles. The third kappa shape index (κ3) is 4.40. The molecule has 1 amide bonds. The van der Waals surface area contributed by atoms with Crippen LogP contribution in [0, 0.1) is 0 Å². The van der Waals surface area contributed by atoms with E-state index in [1.54, 1.807) is 31.2 Å². The highest BCUT2D eigenvalue weighted by molar-refractivity contribution is 7.86. The molecule has 1 atom stereocenters. The first-order valence-corrected chi connectivity index (χ1v) is 8.74. The number of carbonyl (C=O) groups is 1. The molecule has 22 heavy (non-hydrogen) atoms. The van der Waals surface area contributed by atoms with E-state index < -0.39 is 10.2 Å². The van der Waals surface area contributed by atoms with Gasteiger partial charge in [0.2, 0.25) is 5.91 Å². The van der Waals surface area contributed by atoms with E-state index in [4.69, 9.17) is 16.7 Å². The van der Waals surface area contributed by atoms with E-state index in [0.717, 1.165) is 0 Å². The first kappa shape index (κ1) is 17.2. The van der Waals surface area contributed by atoms with Crippen molar-refractivity contribution in [1.82, 2.24) is 9.21 Å². The lowest BCUT2D eigenvalue weighted by Gasteiger charge is -2.35. The summed E-state index contributed by atoms with van der Waals surface area (Å²) >= 11 is 5.88. The quantitative estimate of drug-likeness (QED) is 0.829. The van der Waals surface area contributed by atoms with Crippen LogP contribution in [0.1, 0.15) is 6.92 Å². The molecule has 1 aliphatic rings. The van der Waals surface area contributed by atoms with Gasteiger partial charge in [0.1, 0.15) is 0 Å². The van der Waals surface area contributed by atoms with Crippen molar-refractivity contribution in [1.29, 1.82) is 0 Å². The van der Waals surface area contributed by atoms with Crippen molar-refractivity contribution >= 4 is 33.4 Å². The van der Waals surface area contributed by atoms with Crippen molar-refractivity contribution in [2.75, 3.05) is 31.5 Å². The number of piperazine rings is 1. The number of hydrogen-bond donors (Lipinski definition) is 2. The highest BCUT2D eigenvalue weighted by atomic mass is 35.5. The van der Waals surface area contributed by atoms with Gasteiger partial charge in [-0.15, -0.1) is 0 Å². The SMILES string of the molecule is CC(C(=O)Nc1cccc(Cl)c1)N1CCN(S(N)(=O)=O)CC1. The third-order valence-corrected chi connectivity index (χ3v) is 4.97. The lowest BCUT2D eigenvalue weighted by molar-refractivity contribution is -0.121. The molecule has 7 nitrogen and oxygen atoms in total. The maximum Gasteiger partial charge on any atom is 0.276 e. The second kappa shape index (κ2) is 6.93. The van der Waals surface area contributed by atoms with Gasteiger partial charge in [0, 0.05) is 36.9 Å². The Morgan fingerprint density at radius 3 is 2.50 bits per heavy atom. The van der Waals surface area contributed by atoms with Crippen LogP contribution >= 0.6 is 11.6 Å². The summed E-state index contributed by atoms with van der Waals surface area (Å²) in [5, 5.41) is 8.44. The topological polar surface area (TPSA) is 95.7 Å². The molecule has 122 valence electrons. The number of amides is 1. The van der Waals surface area contributed by atoms with Crippen LogP contribution in [0.15, 0.2) is 24.3 Å². The molecule has 0 aliphatic carbocycles. The van der Waals surface area contributed by atoms with Gasteiger partial charge in [-0.2, -0.15) is 12.7 Å². The predicted molar refractivity (Wildman–Crippen MR) is 85.8 cm³/mol. The molecule has 2 rings (SSSR count). The molecule has 0 radical (unpaired) electrons. The summed E-state index contributed by atoms with van der Waals surface area (Å²) in [6.07, 6.45) is 0. The Morgan fingerprint density at radius 1 is 1.32 bits per heavy atom. The van der Waals surface area contributed by atoms with Crippen LogP contribution in [0.4, 0.5) is 5.69 Å². The van der Waals surface area contributed by atoms with E-state index in [2.05, 4.69) is 5.32 Å². The van der Waals surface area contributed by atoms with Gasteiger partial charge in [0.25, 0.3) is 10.2 Å². The van der Waals surface area contributed by atoms with Crippen LogP contribution in [0.3, 0.4) is 0 Å². The summed E-state index contributed by atoms with van der Waals surface area (Å²) in [6.45, 7) is 3.27. The Bertz CT molecular complexity index is 644. The van der Waals surface area contributed by atoms with Gasteiger partial charge >= 0.3 is 0 Å². The molecule has 0 bridgehead atoms. The molecule has 1 aromatic carbocycles. The molecule has 1 fully saturated rings. The van der Waals surface area contributed by atoms with Crippen molar-refractivity contribution < 1.29 is 13.2 Å². The summed E-state index contributed by atoms with van der Waals surface area (Å²) in [7, 11) is -3.66. The lowest BCUT2D eigenvalue weighted by atomic mass is 10.2. The summed E-state index contributed by atoms with van der Waals surface area (Å²) in [6, 6.07) is 6.54. The fourth-order valence-corrected chi connectivity index (χ4v) is 3.19. The molecule has 1 aliphatic heterocycles. The molecule has 3 N–H and O–H groups in total. The Balaban J connectivity index is 1.92. The molecular formula is C13H19ClN4O3S. The van der Waals surface area contributed by atoms with Crippen molar-refractivity contribution in [2.24, 2.45) is 5.14 Å². The van der Waals surface area contributed by atoms with Crippen molar-refractivity contribution in [3.05, 3.63) is 29.3 Å². The second-order valence-electron chi connectivity index (χ2n) is 5.16. The van der Waals surface area contributed by atoms with Crippen LogP contribution in [-0.2, 0) is 15.0 Å². The van der Waals surface area contributed by atoms with E-state index in [0.29, 0.717) is 23.8 Å². The number of nitrogens with zero attached hydrogens (tertiary/aromatic N) is 2. The maximum atomic E-state index is 12.2. The molecule has 0 spiro atoms. The minimum Gasteiger partial charge on any atom is -0.325 e. The van der Waals surface area contributed by atoms with Gasteiger partial charge in [-0.3, -0.25) is 9.69 Å². The monoisotopic (exact) mass is 346 g/mol. The van der Waals surface area contributed by atoms with E-state index >= 15 is 0 Å². The molecule has 9 heteroatoms. The van der Waals surface area contributed by atoms with Crippen molar-refractivity contribution in [2.45, 2.75) is 13.0 Å². The van der Waals surface area contributed by atoms with E-state index in [9.17, 15) is 13.2 Å². The van der Waals surface area contributed by atoms with Crippen LogP contribution in [0.2, 0.25) is 5.02 Å². The van der Waals surface area contributed by atoms with Gasteiger partial charge in [-0.1, -0.05) is 17.7 Å². The zero-order valence-corrected chi connectivity index (χ0v) is 13.8. The molecule has 1 aromatic rings. The number of hydrogen-bond acceptors (Lipinski definition) is 4. The zero-order chi connectivity index (χ0) is 16.3. The minimum absolute atomic E-state index is 0.161. The Labute approximate surface area is 135 Å². The molecule has 0 saturated carbocycles. The molecule has 1 unspecified atom stereocenters. The number of rotatable bonds is 4. The molecular weight excluding hydrogens is 328 g/mol. The fraction of sp³-hybridized carbons (Fsp3) is 0.462. The van der Waals surface area contributed by atoms with Crippen LogP contribution in [-0.4, -0.2) is 55.8 Å². The lowest BCUT2D eigenvalue weighted by Crippen LogP contribution is -2.55. The summed E-state index contributed by atoms with van der Waals surface area (Å²) in [5.74, 6) is -0.161. The number of halogens is 1. The Hall–Kier alpha value is -1.19. The summed E-state index contributed by atoms with van der Waals surface area (Å²) < 4.78 is 23.7. The zero-order valence-electron chi connectivity index (χ0n) is 12.2. The van der Waals surface area contributed by atoms with Crippen molar-refractivity contribution in [3.63, 3.8) is 0 Å². The second-order valence-corrected chi connectivity index (χ2v) is 7.14. The number of anilines is 1. The maximum absolute atomic E-state index is 12.2. The highest BCUT2D eigenvalue weighted by Crippen LogP contribution is 2.16. The number of nitrogens with one attached hydrogen (secondary N) is 1. The number of benzene rings is 1. The largest absolute Gasteiger partial charge is 0.325 e. The molecule has 0 aromatic heterocycles. The smallest absolute Gasteiger partial charge is 0.276 e. The normalized spacial score (nSPS) is 18.9.